The number of carboxylic acids is 1. The summed E-state index contributed by atoms with van der Waals surface area (Å²) in [7, 11) is 0. The van der Waals surface area contributed by atoms with E-state index in [1.807, 2.05) is 0 Å². The first-order chi connectivity index (χ1) is 9.99. The number of nitrogens with zero attached hydrogens (tertiary/aromatic N) is 1. The zero-order chi connectivity index (χ0) is 15.4. The van der Waals surface area contributed by atoms with E-state index in [4.69, 9.17) is 16.7 Å². The molecule has 0 aliphatic rings. The van der Waals surface area contributed by atoms with Gasteiger partial charge >= 0.3 is 5.97 Å². The van der Waals surface area contributed by atoms with E-state index in [2.05, 4.69) is 0 Å². The molecule has 0 atom stereocenters. The van der Waals surface area contributed by atoms with Crippen LogP contribution < -0.4 is 4.90 Å². The molecule has 0 saturated heterocycles. The molecule has 2 rings (SSSR count). The predicted molar refractivity (Wildman–Crippen MR) is 78.9 cm³/mol. The minimum Gasteiger partial charge on any atom is -0.508 e. The number of carboxylic acid groups (broad SMARTS) is 1. The first-order valence-corrected chi connectivity index (χ1v) is 6.44. The summed E-state index contributed by atoms with van der Waals surface area (Å²) in [6.45, 7) is -0.505. The van der Waals surface area contributed by atoms with E-state index in [9.17, 15) is 14.7 Å². The van der Waals surface area contributed by atoms with Crippen molar-refractivity contribution in [3.05, 3.63) is 59.1 Å². The predicted octanol–water partition coefficient (Wildman–Crippen LogP) is 2.78. The maximum Gasteiger partial charge on any atom is 0.323 e. The van der Waals surface area contributed by atoms with E-state index in [0.29, 0.717) is 5.69 Å². The fraction of sp³-hybridized carbons (Fsp3) is 0.0667. The third-order valence-electron chi connectivity index (χ3n) is 2.80. The molecule has 0 bridgehead atoms. The van der Waals surface area contributed by atoms with Crippen LogP contribution in [0.4, 0.5) is 5.69 Å². The summed E-state index contributed by atoms with van der Waals surface area (Å²) in [5.41, 5.74) is 0.577. The minimum atomic E-state index is -1.15. The monoisotopic (exact) mass is 305 g/mol. The summed E-state index contributed by atoms with van der Waals surface area (Å²) >= 11 is 5.98. The van der Waals surface area contributed by atoms with Crippen LogP contribution in [0.5, 0.6) is 5.75 Å². The summed E-state index contributed by atoms with van der Waals surface area (Å²) in [6, 6.07) is 12.1. The normalized spacial score (nSPS) is 10.1. The van der Waals surface area contributed by atoms with E-state index >= 15 is 0 Å². The van der Waals surface area contributed by atoms with Crippen LogP contribution >= 0.6 is 11.6 Å². The molecule has 108 valence electrons. The number of halogens is 1. The minimum absolute atomic E-state index is 0.0271. The molecule has 0 heterocycles. The Morgan fingerprint density at radius 2 is 1.67 bits per heavy atom. The molecule has 5 nitrogen and oxygen atoms in total. The van der Waals surface area contributed by atoms with Crippen molar-refractivity contribution in [2.75, 3.05) is 11.4 Å². The molecule has 1 amide bonds. The number of aromatic hydroxyl groups is 1. The third kappa shape index (κ3) is 3.52. The van der Waals surface area contributed by atoms with Crippen molar-refractivity contribution in [2.45, 2.75) is 0 Å². The van der Waals surface area contributed by atoms with Gasteiger partial charge in [-0.3, -0.25) is 14.5 Å². The highest BCUT2D eigenvalue weighted by Gasteiger charge is 2.22. The van der Waals surface area contributed by atoms with Gasteiger partial charge in [-0.05, 0) is 36.4 Å². The Kier molecular flexibility index (Phi) is 4.45. The number of amides is 1. The van der Waals surface area contributed by atoms with Crippen molar-refractivity contribution in [2.24, 2.45) is 0 Å². The number of phenolic OH excluding ortho intramolecular Hbond substituents is 1. The molecule has 0 aliphatic heterocycles. The summed E-state index contributed by atoms with van der Waals surface area (Å²) in [5, 5.41) is 18.5. The highest BCUT2D eigenvalue weighted by molar-refractivity contribution is 6.34. The second-order valence-corrected chi connectivity index (χ2v) is 4.69. The topological polar surface area (TPSA) is 77.8 Å². The maximum atomic E-state index is 12.5. The highest BCUT2D eigenvalue weighted by atomic mass is 35.5. The third-order valence-corrected chi connectivity index (χ3v) is 3.13. The van der Waals surface area contributed by atoms with Gasteiger partial charge in [-0.1, -0.05) is 23.7 Å². The number of rotatable bonds is 4. The second-order valence-electron chi connectivity index (χ2n) is 4.28. The first kappa shape index (κ1) is 14.9. The smallest absolute Gasteiger partial charge is 0.323 e. The summed E-state index contributed by atoms with van der Waals surface area (Å²) < 4.78 is 0. The molecule has 2 N–H and O–H groups in total. The quantitative estimate of drug-likeness (QED) is 0.910. The molecular weight excluding hydrogens is 294 g/mol. The van der Waals surface area contributed by atoms with Crippen molar-refractivity contribution in [3.8, 4) is 5.75 Å². The van der Waals surface area contributed by atoms with Crippen LogP contribution in [0.3, 0.4) is 0 Å². The first-order valence-electron chi connectivity index (χ1n) is 6.06. The van der Waals surface area contributed by atoms with E-state index in [-0.39, 0.29) is 16.3 Å². The number of carbonyl (C=O) groups is 2. The van der Waals surface area contributed by atoms with E-state index < -0.39 is 18.4 Å². The van der Waals surface area contributed by atoms with Crippen LogP contribution in [0.1, 0.15) is 10.4 Å². The zero-order valence-corrected chi connectivity index (χ0v) is 11.6. The van der Waals surface area contributed by atoms with Crippen molar-refractivity contribution in [1.29, 1.82) is 0 Å². The van der Waals surface area contributed by atoms with Crippen LogP contribution in [0.15, 0.2) is 48.5 Å². The number of anilines is 1. The Balaban J connectivity index is 2.40. The lowest BCUT2D eigenvalue weighted by Crippen LogP contribution is -2.35. The number of aliphatic carboxylic acids is 1. The van der Waals surface area contributed by atoms with Gasteiger partial charge in [0.05, 0.1) is 10.6 Å². The fourth-order valence-corrected chi connectivity index (χ4v) is 2.04. The molecule has 0 aliphatic carbocycles. The van der Waals surface area contributed by atoms with Crippen LogP contribution in [0.25, 0.3) is 0 Å². The van der Waals surface area contributed by atoms with E-state index in [1.54, 1.807) is 18.2 Å². The van der Waals surface area contributed by atoms with E-state index in [0.717, 1.165) is 4.90 Å². The fourth-order valence-electron chi connectivity index (χ4n) is 1.83. The molecule has 0 saturated carbocycles. The van der Waals surface area contributed by atoms with Gasteiger partial charge in [0.25, 0.3) is 5.91 Å². The summed E-state index contributed by atoms with van der Waals surface area (Å²) in [4.78, 5) is 24.6. The van der Waals surface area contributed by atoms with Gasteiger partial charge < -0.3 is 10.2 Å². The number of carbonyl (C=O) groups excluding carboxylic acids is 1. The molecule has 2 aromatic rings. The largest absolute Gasteiger partial charge is 0.508 e. The van der Waals surface area contributed by atoms with Gasteiger partial charge in [-0.25, -0.2) is 0 Å². The molecule has 0 fully saturated rings. The van der Waals surface area contributed by atoms with Crippen LogP contribution in [0.2, 0.25) is 5.02 Å². The SMILES string of the molecule is O=C(O)CN(C(=O)c1ccccc1Cl)c1ccc(O)cc1. The molecule has 0 spiro atoms. The van der Waals surface area contributed by atoms with Gasteiger partial charge in [0, 0.05) is 5.69 Å². The second kappa shape index (κ2) is 6.28. The van der Waals surface area contributed by atoms with Gasteiger partial charge in [0.15, 0.2) is 0 Å². The average Bonchev–Trinajstić information content (AvgIpc) is 2.45. The zero-order valence-electron chi connectivity index (χ0n) is 10.9. The van der Waals surface area contributed by atoms with Gasteiger partial charge in [-0.2, -0.15) is 0 Å². The van der Waals surface area contributed by atoms with Crippen LogP contribution in [-0.4, -0.2) is 28.6 Å². The molecule has 0 aromatic heterocycles. The number of hydrogen-bond donors (Lipinski definition) is 2. The van der Waals surface area contributed by atoms with Crippen molar-refractivity contribution >= 4 is 29.2 Å². The Labute approximate surface area is 126 Å². The molecule has 6 heteroatoms. The van der Waals surface area contributed by atoms with Gasteiger partial charge in [0.1, 0.15) is 12.3 Å². The standard InChI is InChI=1S/C15H12ClNO4/c16-13-4-2-1-3-12(13)15(21)17(9-14(19)20)10-5-7-11(18)8-6-10/h1-8,18H,9H2,(H,19,20). The lowest BCUT2D eigenvalue weighted by Gasteiger charge is -2.21. The number of benzene rings is 2. The molecule has 2 aromatic carbocycles. The van der Waals surface area contributed by atoms with Crippen molar-refractivity contribution < 1.29 is 19.8 Å². The highest BCUT2D eigenvalue weighted by Crippen LogP contribution is 2.23. The van der Waals surface area contributed by atoms with Crippen molar-refractivity contribution in [3.63, 3.8) is 0 Å². The Hall–Kier alpha value is -2.53. The lowest BCUT2D eigenvalue weighted by molar-refractivity contribution is -0.135. The molecular formula is C15H12ClNO4. The van der Waals surface area contributed by atoms with Crippen molar-refractivity contribution in [1.82, 2.24) is 0 Å². The van der Waals surface area contributed by atoms with Gasteiger partial charge in [-0.15, -0.1) is 0 Å². The summed E-state index contributed by atoms with van der Waals surface area (Å²) in [6.07, 6.45) is 0. The maximum absolute atomic E-state index is 12.5. The molecule has 0 radical (unpaired) electrons. The van der Waals surface area contributed by atoms with Crippen LogP contribution in [-0.2, 0) is 4.79 Å². The Morgan fingerprint density at radius 1 is 1.05 bits per heavy atom. The van der Waals surface area contributed by atoms with Crippen LogP contribution in [0, 0.1) is 0 Å². The summed E-state index contributed by atoms with van der Waals surface area (Å²) in [5.74, 6) is -1.64. The lowest BCUT2D eigenvalue weighted by atomic mass is 10.1. The molecule has 21 heavy (non-hydrogen) atoms. The van der Waals surface area contributed by atoms with E-state index in [1.165, 1.54) is 30.3 Å². The Morgan fingerprint density at radius 3 is 2.24 bits per heavy atom. The average molecular weight is 306 g/mol. The number of hydrogen-bond acceptors (Lipinski definition) is 3. The molecule has 0 unspecified atom stereocenters. The number of phenols is 1. The van der Waals surface area contributed by atoms with Gasteiger partial charge in [0.2, 0.25) is 0 Å². The Bertz CT molecular complexity index is 670.